The minimum Gasteiger partial charge on any atom is -0.347 e. The van der Waals surface area contributed by atoms with Gasteiger partial charge in [-0.3, -0.25) is 0 Å². The molecule has 18 heavy (non-hydrogen) atoms. The number of halogens is 1. The van der Waals surface area contributed by atoms with E-state index in [0.29, 0.717) is 0 Å². The Labute approximate surface area is 120 Å². The SMILES string of the molecule is CNCc1cnc(N(C)Cc2ccccc2Br)s1. The maximum absolute atomic E-state index is 4.45. The van der Waals surface area contributed by atoms with Crippen LogP contribution in [0.1, 0.15) is 10.4 Å². The van der Waals surface area contributed by atoms with Gasteiger partial charge in [-0.2, -0.15) is 0 Å². The minimum atomic E-state index is 0.855. The van der Waals surface area contributed by atoms with E-state index in [2.05, 4.69) is 56.4 Å². The monoisotopic (exact) mass is 325 g/mol. The quantitative estimate of drug-likeness (QED) is 0.914. The van der Waals surface area contributed by atoms with Crippen molar-refractivity contribution >= 4 is 32.4 Å². The smallest absolute Gasteiger partial charge is 0.185 e. The molecule has 0 saturated carbocycles. The highest BCUT2D eigenvalue weighted by Crippen LogP contribution is 2.24. The van der Waals surface area contributed by atoms with Crippen molar-refractivity contribution in [2.75, 3.05) is 19.0 Å². The van der Waals surface area contributed by atoms with Crippen LogP contribution in [0, 0.1) is 0 Å². The van der Waals surface area contributed by atoms with E-state index in [4.69, 9.17) is 0 Å². The Morgan fingerprint density at radius 1 is 1.39 bits per heavy atom. The summed E-state index contributed by atoms with van der Waals surface area (Å²) in [6, 6.07) is 8.28. The molecule has 1 heterocycles. The number of nitrogens with one attached hydrogen (secondary N) is 1. The zero-order valence-corrected chi connectivity index (χ0v) is 12.9. The van der Waals surface area contributed by atoms with Crippen LogP contribution in [-0.2, 0) is 13.1 Å². The van der Waals surface area contributed by atoms with Crippen molar-refractivity contribution in [2.24, 2.45) is 0 Å². The van der Waals surface area contributed by atoms with Crippen LogP contribution in [0.2, 0.25) is 0 Å². The van der Waals surface area contributed by atoms with Crippen LogP contribution in [0.5, 0.6) is 0 Å². The maximum atomic E-state index is 4.45. The number of hydrogen-bond acceptors (Lipinski definition) is 4. The number of thiazole rings is 1. The van der Waals surface area contributed by atoms with Gasteiger partial charge in [0.1, 0.15) is 0 Å². The van der Waals surface area contributed by atoms with Crippen molar-refractivity contribution in [2.45, 2.75) is 13.1 Å². The lowest BCUT2D eigenvalue weighted by Gasteiger charge is -2.16. The van der Waals surface area contributed by atoms with E-state index in [-0.39, 0.29) is 0 Å². The van der Waals surface area contributed by atoms with E-state index in [1.54, 1.807) is 11.3 Å². The molecule has 0 unspecified atom stereocenters. The van der Waals surface area contributed by atoms with Crippen LogP contribution in [0.3, 0.4) is 0 Å². The molecule has 0 aliphatic heterocycles. The molecule has 0 aliphatic carbocycles. The molecule has 5 heteroatoms. The second-order valence-electron chi connectivity index (χ2n) is 4.09. The van der Waals surface area contributed by atoms with Gasteiger partial charge >= 0.3 is 0 Å². The van der Waals surface area contributed by atoms with Gasteiger partial charge < -0.3 is 10.2 Å². The van der Waals surface area contributed by atoms with Gasteiger partial charge in [-0.05, 0) is 18.7 Å². The van der Waals surface area contributed by atoms with Gasteiger partial charge in [0.15, 0.2) is 5.13 Å². The number of aromatic nitrogens is 1. The van der Waals surface area contributed by atoms with E-state index in [1.807, 2.05) is 19.3 Å². The number of benzene rings is 1. The number of rotatable bonds is 5. The molecule has 0 amide bonds. The topological polar surface area (TPSA) is 28.2 Å². The third-order valence-electron chi connectivity index (χ3n) is 2.58. The summed E-state index contributed by atoms with van der Waals surface area (Å²) in [7, 11) is 4.02. The molecule has 3 nitrogen and oxygen atoms in total. The van der Waals surface area contributed by atoms with E-state index < -0.39 is 0 Å². The average Bonchev–Trinajstić information content (AvgIpc) is 2.81. The fourth-order valence-electron chi connectivity index (χ4n) is 1.68. The normalized spacial score (nSPS) is 10.6. The maximum Gasteiger partial charge on any atom is 0.185 e. The Kier molecular flexibility index (Phi) is 4.74. The first-order valence-corrected chi connectivity index (χ1v) is 7.35. The predicted molar refractivity (Wildman–Crippen MR) is 81.1 cm³/mol. The van der Waals surface area contributed by atoms with E-state index in [9.17, 15) is 0 Å². The van der Waals surface area contributed by atoms with Crippen molar-refractivity contribution < 1.29 is 0 Å². The molecule has 0 radical (unpaired) electrons. The Morgan fingerprint density at radius 2 is 2.17 bits per heavy atom. The van der Waals surface area contributed by atoms with Gasteiger partial charge in [-0.1, -0.05) is 34.1 Å². The van der Waals surface area contributed by atoms with E-state index in [1.165, 1.54) is 10.4 Å². The van der Waals surface area contributed by atoms with Gasteiger partial charge in [0.25, 0.3) is 0 Å². The van der Waals surface area contributed by atoms with Gasteiger partial charge in [-0.15, -0.1) is 11.3 Å². The lowest BCUT2D eigenvalue weighted by Crippen LogP contribution is -2.16. The fraction of sp³-hybridized carbons (Fsp3) is 0.308. The molecule has 2 aromatic rings. The van der Waals surface area contributed by atoms with E-state index in [0.717, 1.165) is 22.7 Å². The van der Waals surface area contributed by atoms with Crippen LogP contribution < -0.4 is 10.2 Å². The van der Waals surface area contributed by atoms with Gasteiger partial charge in [0, 0.05) is 35.7 Å². The van der Waals surface area contributed by atoms with Crippen molar-refractivity contribution in [1.82, 2.24) is 10.3 Å². The van der Waals surface area contributed by atoms with Gasteiger partial charge in [-0.25, -0.2) is 4.98 Å². The minimum absolute atomic E-state index is 0.855. The van der Waals surface area contributed by atoms with Crippen molar-refractivity contribution in [3.8, 4) is 0 Å². The Hall–Kier alpha value is -0.910. The first-order chi connectivity index (χ1) is 8.70. The van der Waals surface area contributed by atoms with Crippen molar-refractivity contribution in [1.29, 1.82) is 0 Å². The van der Waals surface area contributed by atoms with Crippen LogP contribution in [0.25, 0.3) is 0 Å². The summed E-state index contributed by atoms with van der Waals surface area (Å²) in [4.78, 5) is 7.88. The molecule has 2 rings (SSSR count). The summed E-state index contributed by atoms with van der Waals surface area (Å²) in [5.74, 6) is 0. The van der Waals surface area contributed by atoms with Crippen LogP contribution >= 0.6 is 27.3 Å². The largest absolute Gasteiger partial charge is 0.347 e. The molecule has 1 N–H and O–H groups in total. The lowest BCUT2D eigenvalue weighted by molar-refractivity contribution is 0.829. The third-order valence-corrected chi connectivity index (χ3v) is 4.47. The Balaban J connectivity index is 2.07. The highest BCUT2D eigenvalue weighted by atomic mass is 79.9. The first kappa shape index (κ1) is 13.5. The molecule has 0 spiro atoms. The summed E-state index contributed by atoms with van der Waals surface area (Å²) in [5, 5.41) is 4.19. The van der Waals surface area contributed by atoms with Gasteiger partial charge in [0.2, 0.25) is 0 Å². The first-order valence-electron chi connectivity index (χ1n) is 5.74. The molecule has 96 valence electrons. The Bertz CT molecular complexity index is 512. The lowest BCUT2D eigenvalue weighted by atomic mass is 10.2. The van der Waals surface area contributed by atoms with Gasteiger partial charge in [0.05, 0.1) is 0 Å². The molecule has 0 bridgehead atoms. The van der Waals surface area contributed by atoms with Crippen LogP contribution in [0.15, 0.2) is 34.9 Å². The molecule has 0 fully saturated rings. The molecular formula is C13H16BrN3S. The number of nitrogens with zero attached hydrogens (tertiary/aromatic N) is 2. The zero-order chi connectivity index (χ0) is 13.0. The third kappa shape index (κ3) is 3.31. The molecular weight excluding hydrogens is 310 g/mol. The predicted octanol–water partition coefficient (Wildman–Crippen LogP) is 3.26. The summed E-state index contributed by atoms with van der Waals surface area (Å²) in [6.07, 6.45) is 1.94. The molecule has 0 aliphatic rings. The second-order valence-corrected chi connectivity index (χ2v) is 6.03. The van der Waals surface area contributed by atoms with E-state index >= 15 is 0 Å². The molecule has 0 saturated heterocycles. The van der Waals surface area contributed by atoms with Crippen LogP contribution in [0.4, 0.5) is 5.13 Å². The summed E-state index contributed by atoms with van der Waals surface area (Å²) < 4.78 is 1.14. The van der Waals surface area contributed by atoms with Crippen molar-refractivity contribution in [3.63, 3.8) is 0 Å². The molecule has 0 atom stereocenters. The standard InChI is InChI=1S/C13H16BrN3S/c1-15-7-11-8-16-13(18-11)17(2)9-10-5-3-4-6-12(10)14/h3-6,8,15H,7,9H2,1-2H3. The highest BCUT2D eigenvalue weighted by molar-refractivity contribution is 9.10. The summed E-state index contributed by atoms with van der Waals surface area (Å²) in [5.41, 5.74) is 1.27. The zero-order valence-electron chi connectivity index (χ0n) is 10.5. The molecule has 1 aromatic carbocycles. The fourth-order valence-corrected chi connectivity index (χ4v) is 2.97. The number of hydrogen-bond donors (Lipinski definition) is 1. The summed E-state index contributed by atoms with van der Waals surface area (Å²) in [6.45, 7) is 1.73. The summed E-state index contributed by atoms with van der Waals surface area (Å²) >= 11 is 5.30. The average molecular weight is 326 g/mol. The van der Waals surface area contributed by atoms with Crippen molar-refractivity contribution in [3.05, 3.63) is 45.4 Å². The highest BCUT2D eigenvalue weighted by Gasteiger charge is 2.08. The second kappa shape index (κ2) is 6.31. The molecule has 1 aromatic heterocycles. The Morgan fingerprint density at radius 3 is 2.89 bits per heavy atom. The van der Waals surface area contributed by atoms with Crippen LogP contribution in [-0.4, -0.2) is 19.1 Å². The number of anilines is 1.